The summed E-state index contributed by atoms with van der Waals surface area (Å²) in [5.74, 6) is 2.98. The van der Waals surface area contributed by atoms with Crippen molar-refractivity contribution < 1.29 is 23.9 Å². The zero-order valence-corrected chi connectivity index (χ0v) is 36.6. The molecule has 3 atom stereocenters. The van der Waals surface area contributed by atoms with Crippen molar-refractivity contribution in [3.05, 3.63) is 53.9 Å². The van der Waals surface area contributed by atoms with Gasteiger partial charge in [0.1, 0.15) is 41.0 Å². The van der Waals surface area contributed by atoms with E-state index in [-0.39, 0.29) is 23.8 Å². The third kappa shape index (κ3) is 7.97. The van der Waals surface area contributed by atoms with E-state index < -0.39 is 11.9 Å². The number of hydrogen-bond donors (Lipinski definition) is 2. The van der Waals surface area contributed by atoms with Gasteiger partial charge in [-0.2, -0.15) is 5.10 Å². The van der Waals surface area contributed by atoms with Gasteiger partial charge in [-0.3, -0.25) is 34.6 Å². The Balaban J connectivity index is 0.699. The van der Waals surface area contributed by atoms with Crippen LogP contribution in [0.15, 0.2) is 42.7 Å². The highest BCUT2D eigenvalue weighted by atomic mass is 16.5. The van der Waals surface area contributed by atoms with Crippen LogP contribution in [-0.2, 0) is 16.1 Å². The number of piperazine rings is 1. The summed E-state index contributed by atoms with van der Waals surface area (Å²) < 4.78 is 12.2. The fourth-order valence-electron chi connectivity index (χ4n) is 10.9. The topological polar surface area (TPSA) is 152 Å². The van der Waals surface area contributed by atoms with Crippen molar-refractivity contribution in [1.82, 2.24) is 40.2 Å². The molecular weight excluding hydrogens is 785 g/mol. The molecule has 1 aliphatic carbocycles. The van der Waals surface area contributed by atoms with Crippen LogP contribution >= 0.6 is 0 Å². The van der Waals surface area contributed by atoms with Gasteiger partial charge in [0, 0.05) is 93.4 Å². The van der Waals surface area contributed by atoms with Gasteiger partial charge >= 0.3 is 0 Å². The summed E-state index contributed by atoms with van der Waals surface area (Å²) >= 11 is 0. The van der Waals surface area contributed by atoms with E-state index >= 15 is 0 Å². The summed E-state index contributed by atoms with van der Waals surface area (Å²) in [6.45, 7) is 15.6. The molecule has 15 nitrogen and oxygen atoms in total. The number of nitrogens with one attached hydrogen (secondary N) is 2. The van der Waals surface area contributed by atoms with Crippen molar-refractivity contribution in [1.29, 1.82) is 0 Å². The van der Waals surface area contributed by atoms with Gasteiger partial charge in [-0.1, -0.05) is 0 Å². The summed E-state index contributed by atoms with van der Waals surface area (Å²) in [6.07, 6.45) is 8.92. The molecule has 328 valence electrons. The van der Waals surface area contributed by atoms with Gasteiger partial charge in [0.05, 0.1) is 30.6 Å². The maximum absolute atomic E-state index is 13.4. The van der Waals surface area contributed by atoms with Gasteiger partial charge in [0.25, 0.3) is 5.91 Å². The first-order valence-electron chi connectivity index (χ1n) is 22.8. The fraction of sp³-hybridized carbons (Fsp3) is 0.574. The molecule has 7 heterocycles. The zero-order chi connectivity index (χ0) is 42.7. The number of hydrogen-bond acceptors (Lipinski definition) is 12. The number of fused-ring (bicyclic) bond motifs is 2. The number of amides is 3. The Morgan fingerprint density at radius 3 is 2.29 bits per heavy atom. The molecule has 10 rings (SSSR count). The molecule has 1 unspecified atom stereocenters. The number of piperidine rings is 3. The highest BCUT2D eigenvalue weighted by molar-refractivity contribution is 6.06. The van der Waals surface area contributed by atoms with E-state index in [1.807, 2.05) is 24.3 Å². The summed E-state index contributed by atoms with van der Waals surface area (Å²) in [6, 6.07) is 12.5. The lowest BCUT2D eigenvalue weighted by molar-refractivity contribution is -0.136. The van der Waals surface area contributed by atoms with E-state index in [0.29, 0.717) is 42.4 Å². The maximum atomic E-state index is 13.4. The summed E-state index contributed by atoms with van der Waals surface area (Å²) in [4.78, 5) is 59.0. The van der Waals surface area contributed by atoms with Gasteiger partial charge in [-0.25, -0.2) is 9.97 Å². The second kappa shape index (κ2) is 16.4. The largest absolute Gasteiger partial charge is 0.494 e. The normalized spacial score (nSPS) is 25.1. The second-order valence-electron chi connectivity index (χ2n) is 19.1. The quantitative estimate of drug-likeness (QED) is 0.190. The Hall–Kier alpha value is -5.28. The molecule has 4 saturated heterocycles. The summed E-state index contributed by atoms with van der Waals surface area (Å²) in [5, 5.41) is 11.2. The predicted octanol–water partition coefficient (Wildman–Crippen LogP) is 5.25. The maximum Gasteiger partial charge on any atom is 0.255 e. The van der Waals surface area contributed by atoms with Crippen LogP contribution in [0.5, 0.6) is 11.5 Å². The van der Waals surface area contributed by atoms with E-state index in [2.05, 4.69) is 73.0 Å². The second-order valence-corrected chi connectivity index (χ2v) is 19.1. The van der Waals surface area contributed by atoms with Gasteiger partial charge in [0.2, 0.25) is 11.8 Å². The van der Waals surface area contributed by atoms with Crippen molar-refractivity contribution in [2.24, 2.45) is 11.8 Å². The molecule has 1 saturated carbocycles. The number of aromatic nitrogens is 4. The van der Waals surface area contributed by atoms with E-state index in [0.717, 1.165) is 142 Å². The molecule has 2 aromatic carbocycles. The van der Waals surface area contributed by atoms with Crippen LogP contribution in [0.25, 0.3) is 22.3 Å². The van der Waals surface area contributed by atoms with E-state index in [9.17, 15) is 14.4 Å². The third-order valence-corrected chi connectivity index (χ3v) is 14.7. The average Bonchev–Trinajstić information content (AvgIpc) is 3.69. The molecule has 5 aliphatic heterocycles. The molecule has 0 spiro atoms. The average molecular weight is 845 g/mol. The number of aromatic amines is 1. The van der Waals surface area contributed by atoms with Gasteiger partial charge < -0.3 is 24.2 Å². The van der Waals surface area contributed by atoms with Crippen molar-refractivity contribution in [3.8, 4) is 22.9 Å². The minimum atomic E-state index is -0.645. The molecular formula is C47H60N10O5. The SMILES string of the molecule is COc1c(N2CCC(CN3[C@H](C)CN(CC4CCN(c5cc(-c6n[nH]c7ccc(OC8(C)CC8)cc67)ncn5)CC4)C[C@@H]3C)CC2)ccc2c1CN(C1CCC(=O)NC1=O)C2=O. The highest BCUT2D eigenvalue weighted by Crippen LogP contribution is 2.43. The molecule has 4 aromatic rings. The Labute approximate surface area is 363 Å². The van der Waals surface area contributed by atoms with Crippen molar-refractivity contribution in [2.75, 3.05) is 69.3 Å². The third-order valence-electron chi connectivity index (χ3n) is 14.7. The van der Waals surface area contributed by atoms with Crippen LogP contribution in [0.2, 0.25) is 0 Å². The Bertz CT molecular complexity index is 2340. The first kappa shape index (κ1) is 40.8. The molecule has 62 heavy (non-hydrogen) atoms. The number of carbonyl (C=O) groups is 3. The number of anilines is 2. The monoisotopic (exact) mass is 844 g/mol. The molecule has 5 fully saturated rings. The number of rotatable bonds is 11. The van der Waals surface area contributed by atoms with Crippen LogP contribution in [-0.4, -0.2) is 136 Å². The summed E-state index contributed by atoms with van der Waals surface area (Å²) in [7, 11) is 1.66. The molecule has 0 bridgehead atoms. The number of nitrogens with zero attached hydrogens (tertiary/aromatic N) is 8. The first-order chi connectivity index (χ1) is 30.0. The predicted molar refractivity (Wildman–Crippen MR) is 236 cm³/mol. The Morgan fingerprint density at radius 2 is 1.58 bits per heavy atom. The lowest BCUT2D eigenvalue weighted by Gasteiger charge is -2.48. The number of methoxy groups -OCH3 is 1. The van der Waals surface area contributed by atoms with Gasteiger partial charge in [-0.15, -0.1) is 0 Å². The van der Waals surface area contributed by atoms with Crippen LogP contribution in [0, 0.1) is 11.8 Å². The molecule has 2 N–H and O–H groups in total. The molecule has 0 radical (unpaired) electrons. The summed E-state index contributed by atoms with van der Waals surface area (Å²) in [5.41, 5.74) is 5.00. The molecule has 2 aromatic heterocycles. The van der Waals surface area contributed by atoms with E-state index in [1.54, 1.807) is 18.3 Å². The number of carbonyl (C=O) groups excluding carboxylic acids is 3. The Kier molecular flexibility index (Phi) is 10.8. The van der Waals surface area contributed by atoms with Crippen molar-refractivity contribution >= 4 is 40.1 Å². The van der Waals surface area contributed by atoms with Gasteiger partial charge in [0.15, 0.2) is 0 Å². The van der Waals surface area contributed by atoms with E-state index in [1.165, 1.54) is 0 Å². The van der Waals surface area contributed by atoms with E-state index in [4.69, 9.17) is 14.5 Å². The van der Waals surface area contributed by atoms with Crippen LogP contribution in [0.4, 0.5) is 11.5 Å². The minimum absolute atomic E-state index is 0.0417. The van der Waals surface area contributed by atoms with Crippen molar-refractivity contribution in [3.63, 3.8) is 0 Å². The van der Waals surface area contributed by atoms with Crippen molar-refractivity contribution in [2.45, 2.75) is 102 Å². The highest BCUT2D eigenvalue weighted by Gasteiger charge is 2.42. The smallest absolute Gasteiger partial charge is 0.255 e. The van der Waals surface area contributed by atoms with Gasteiger partial charge in [-0.05, 0) is 108 Å². The lowest BCUT2D eigenvalue weighted by Crippen LogP contribution is -2.59. The molecule has 3 amide bonds. The lowest BCUT2D eigenvalue weighted by atomic mass is 9.92. The van der Waals surface area contributed by atoms with Crippen LogP contribution in [0.1, 0.15) is 88.1 Å². The standard InChI is InChI=1S/C47H60N10O5/c1-29-23-53(25-31-13-19-55(20-14-31)41-22-38(48-28-49-41)43-35-21-33(62-47(3)15-16-47)5-7-37(35)51-52-43)24-30(2)56(29)26-32-11-17-54(18-12-32)39-8-6-34-36(44(39)61-4)27-57(46(34)60)40-9-10-42(58)50-45(40)59/h5-8,21-22,28-32,40H,9-20,23-27H2,1-4H3,(H,51,52)(H,50,58,59)/t29-,30+,40?. The fourth-order valence-corrected chi connectivity index (χ4v) is 10.9. The number of imide groups is 1. The number of ether oxygens (including phenoxy) is 2. The Morgan fingerprint density at radius 1 is 0.855 bits per heavy atom. The van der Waals surface area contributed by atoms with Crippen LogP contribution < -0.4 is 24.6 Å². The zero-order valence-electron chi connectivity index (χ0n) is 36.6. The number of benzene rings is 2. The molecule has 6 aliphatic rings. The van der Waals surface area contributed by atoms with Crippen LogP contribution in [0.3, 0.4) is 0 Å². The minimum Gasteiger partial charge on any atom is -0.494 e. The first-order valence-corrected chi connectivity index (χ1v) is 22.8. The molecule has 15 heteroatoms. The number of H-pyrrole nitrogens is 1.